The van der Waals surface area contributed by atoms with Crippen LogP contribution < -0.4 is 4.74 Å². The molecule has 1 unspecified atom stereocenters. The molecule has 1 N–H and O–H groups in total. The molecule has 0 amide bonds. The molecule has 0 bridgehead atoms. The molecule has 18 heavy (non-hydrogen) atoms. The van der Waals surface area contributed by atoms with Crippen LogP contribution in [-0.2, 0) is 4.79 Å². The van der Waals surface area contributed by atoms with Crippen LogP contribution in [0.3, 0.4) is 0 Å². The lowest BCUT2D eigenvalue weighted by Gasteiger charge is -2.16. The number of carbonyl (C=O) groups is 1. The Labute approximate surface area is 106 Å². The summed E-state index contributed by atoms with van der Waals surface area (Å²) in [6.45, 7) is 0.630. The molecule has 1 rings (SSSR count). The Bertz CT molecular complexity index is 421. The summed E-state index contributed by atoms with van der Waals surface area (Å²) in [5, 5.41) is 9.18. The largest absolute Gasteiger partial charge is 0.494 e. The van der Waals surface area contributed by atoms with Crippen molar-refractivity contribution in [2.45, 2.75) is 12.3 Å². The molecule has 1 aromatic carbocycles. The summed E-state index contributed by atoms with van der Waals surface area (Å²) in [4.78, 5) is 13.1. The molecular weight excluding hydrogens is 237 g/mol. The zero-order valence-electron chi connectivity index (χ0n) is 10.8. The van der Waals surface area contributed by atoms with Gasteiger partial charge in [-0.3, -0.25) is 4.79 Å². The Morgan fingerprint density at radius 3 is 2.61 bits per heavy atom. The highest BCUT2D eigenvalue weighted by Gasteiger charge is 2.21. The first kappa shape index (κ1) is 14.4. The topological polar surface area (TPSA) is 49.8 Å². The molecule has 0 saturated heterocycles. The Hall–Kier alpha value is -1.62. The molecule has 0 spiro atoms. The van der Waals surface area contributed by atoms with Crippen LogP contribution in [0.5, 0.6) is 5.75 Å². The minimum Gasteiger partial charge on any atom is -0.494 e. The van der Waals surface area contributed by atoms with Crippen molar-refractivity contribution in [3.63, 3.8) is 0 Å². The number of hydrogen-bond acceptors (Lipinski definition) is 3. The number of aliphatic carboxylic acids is 1. The van der Waals surface area contributed by atoms with Crippen molar-refractivity contribution < 1.29 is 19.0 Å². The lowest BCUT2D eigenvalue weighted by molar-refractivity contribution is -0.139. The fourth-order valence-electron chi connectivity index (χ4n) is 1.72. The maximum atomic E-state index is 13.5. The summed E-state index contributed by atoms with van der Waals surface area (Å²) >= 11 is 0. The third kappa shape index (κ3) is 3.70. The molecule has 0 aliphatic carbocycles. The predicted molar refractivity (Wildman–Crippen MR) is 66.5 cm³/mol. The summed E-state index contributed by atoms with van der Waals surface area (Å²) in [6.07, 6.45) is 0.439. The van der Waals surface area contributed by atoms with Crippen molar-refractivity contribution in [3.05, 3.63) is 29.6 Å². The van der Waals surface area contributed by atoms with Crippen LogP contribution in [0.2, 0.25) is 0 Å². The van der Waals surface area contributed by atoms with Gasteiger partial charge in [-0.15, -0.1) is 0 Å². The van der Waals surface area contributed by atoms with Crippen molar-refractivity contribution in [2.24, 2.45) is 0 Å². The predicted octanol–water partition coefficient (Wildman–Crippen LogP) is 1.95. The van der Waals surface area contributed by atoms with Gasteiger partial charge in [-0.2, -0.15) is 0 Å². The second-order valence-corrected chi connectivity index (χ2v) is 4.38. The number of ether oxygens (including phenoxy) is 1. The number of benzene rings is 1. The van der Waals surface area contributed by atoms with Crippen molar-refractivity contribution in [3.8, 4) is 5.75 Å². The van der Waals surface area contributed by atoms with E-state index in [1.165, 1.54) is 19.2 Å². The maximum Gasteiger partial charge on any atom is 0.311 e. The van der Waals surface area contributed by atoms with Gasteiger partial charge in [-0.25, -0.2) is 4.39 Å². The molecule has 0 saturated carbocycles. The summed E-state index contributed by atoms with van der Waals surface area (Å²) in [7, 11) is 5.11. The smallest absolute Gasteiger partial charge is 0.311 e. The van der Waals surface area contributed by atoms with Crippen molar-refractivity contribution in [1.29, 1.82) is 0 Å². The van der Waals surface area contributed by atoms with E-state index in [0.29, 0.717) is 18.5 Å². The van der Waals surface area contributed by atoms with Gasteiger partial charge in [0.1, 0.15) is 0 Å². The minimum absolute atomic E-state index is 0.121. The SMILES string of the molecule is COc1ccc(C(CCN(C)C)C(=O)O)cc1F. The summed E-state index contributed by atoms with van der Waals surface area (Å²) in [5.41, 5.74) is 0.461. The molecule has 0 aliphatic rings. The zero-order chi connectivity index (χ0) is 13.7. The van der Waals surface area contributed by atoms with E-state index < -0.39 is 17.7 Å². The van der Waals surface area contributed by atoms with E-state index in [1.807, 2.05) is 19.0 Å². The second kappa shape index (κ2) is 6.35. The number of carboxylic acids is 1. The van der Waals surface area contributed by atoms with Crippen molar-refractivity contribution in [2.75, 3.05) is 27.7 Å². The van der Waals surface area contributed by atoms with E-state index in [9.17, 15) is 14.3 Å². The number of halogens is 1. The third-order valence-electron chi connectivity index (χ3n) is 2.74. The van der Waals surface area contributed by atoms with E-state index in [-0.39, 0.29) is 5.75 Å². The van der Waals surface area contributed by atoms with E-state index in [4.69, 9.17) is 4.74 Å². The van der Waals surface area contributed by atoms with Gasteiger partial charge in [0, 0.05) is 0 Å². The van der Waals surface area contributed by atoms with E-state index in [0.717, 1.165) is 0 Å². The molecular formula is C13H18FNO3. The normalized spacial score (nSPS) is 12.5. The third-order valence-corrected chi connectivity index (χ3v) is 2.74. The van der Waals surface area contributed by atoms with E-state index in [2.05, 4.69) is 0 Å². The number of rotatable bonds is 6. The maximum absolute atomic E-state index is 13.5. The van der Waals surface area contributed by atoms with Crippen LogP contribution in [0, 0.1) is 5.82 Å². The summed E-state index contributed by atoms with van der Waals surface area (Å²) < 4.78 is 18.4. The summed E-state index contributed by atoms with van der Waals surface area (Å²) in [5.74, 6) is -2.06. The lowest BCUT2D eigenvalue weighted by Crippen LogP contribution is -2.20. The second-order valence-electron chi connectivity index (χ2n) is 4.38. The molecule has 1 aromatic rings. The average Bonchev–Trinajstić information content (AvgIpc) is 2.28. The molecule has 0 aromatic heterocycles. The lowest BCUT2D eigenvalue weighted by atomic mass is 9.95. The highest BCUT2D eigenvalue weighted by atomic mass is 19.1. The van der Waals surface area contributed by atoms with Gasteiger partial charge < -0.3 is 14.7 Å². The summed E-state index contributed by atoms with van der Waals surface area (Å²) in [6, 6.07) is 4.28. The fraction of sp³-hybridized carbons (Fsp3) is 0.462. The van der Waals surface area contributed by atoms with Crippen LogP contribution in [-0.4, -0.2) is 43.7 Å². The van der Waals surface area contributed by atoms with E-state index >= 15 is 0 Å². The first-order chi connectivity index (χ1) is 8.45. The number of carboxylic acid groups (broad SMARTS) is 1. The highest BCUT2D eigenvalue weighted by Crippen LogP contribution is 2.25. The van der Waals surface area contributed by atoms with E-state index in [1.54, 1.807) is 6.07 Å². The Morgan fingerprint density at radius 1 is 1.50 bits per heavy atom. The molecule has 0 aliphatic heterocycles. The first-order valence-electron chi connectivity index (χ1n) is 5.66. The van der Waals surface area contributed by atoms with Gasteiger partial charge in [0.15, 0.2) is 11.6 Å². The van der Waals surface area contributed by atoms with Gasteiger partial charge in [0.05, 0.1) is 13.0 Å². The Morgan fingerprint density at radius 2 is 2.17 bits per heavy atom. The zero-order valence-corrected chi connectivity index (χ0v) is 10.8. The minimum atomic E-state index is -0.943. The highest BCUT2D eigenvalue weighted by molar-refractivity contribution is 5.76. The van der Waals surface area contributed by atoms with Crippen LogP contribution in [0.15, 0.2) is 18.2 Å². The van der Waals surface area contributed by atoms with Gasteiger partial charge in [0.2, 0.25) is 0 Å². The number of hydrogen-bond donors (Lipinski definition) is 1. The molecule has 100 valence electrons. The van der Waals surface area contributed by atoms with Crippen LogP contribution >= 0.6 is 0 Å². The molecule has 0 fully saturated rings. The molecule has 5 heteroatoms. The van der Waals surface area contributed by atoms with Crippen LogP contribution in [0.4, 0.5) is 4.39 Å². The molecule has 1 atom stereocenters. The fourth-order valence-corrected chi connectivity index (χ4v) is 1.72. The van der Waals surface area contributed by atoms with Gasteiger partial charge in [-0.05, 0) is 44.8 Å². The van der Waals surface area contributed by atoms with Crippen LogP contribution in [0.1, 0.15) is 17.9 Å². The Kier molecular flexibility index (Phi) is 5.09. The van der Waals surface area contributed by atoms with Crippen molar-refractivity contribution in [1.82, 2.24) is 4.90 Å². The molecule has 0 heterocycles. The first-order valence-corrected chi connectivity index (χ1v) is 5.66. The van der Waals surface area contributed by atoms with Gasteiger partial charge in [-0.1, -0.05) is 6.07 Å². The monoisotopic (exact) mass is 255 g/mol. The Balaban J connectivity index is 2.92. The van der Waals surface area contributed by atoms with Gasteiger partial charge in [0.25, 0.3) is 0 Å². The van der Waals surface area contributed by atoms with Crippen molar-refractivity contribution >= 4 is 5.97 Å². The standard InChI is InChI=1S/C13H18FNO3/c1-15(2)7-6-10(13(16)17)9-4-5-12(18-3)11(14)8-9/h4-5,8,10H,6-7H2,1-3H3,(H,16,17). The molecule has 4 nitrogen and oxygen atoms in total. The quantitative estimate of drug-likeness (QED) is 0.844. The van der Waals surface area contributed by atoms with Gasteiger partial charge >= 0.3 is 5.97 Å². The molecule has 0 radical (unpaired) electrons. The number of nitrogens with zero attached hydrogens (tertiary/aromatic N) is 1. The average molecular weight is 255 g/mol. The van der Waals surface area contributed by atoms with Crippen LogP contribution in [0.25, 0.3) is 0 Å². The number of methoxy groups -OCH3 is 1.